The van der Waals surface area contributed by atoms with E-state index in [0.29, 0.717) is 12.1 Å². The predicted octanol–water partition coefficient (Wildman–Crippen LogP) is 2.02. The van der Waals surface area contributed by atoms with E-state index in [9.17, 15) is 0 Å². The molecule has 1 unspecified atom stereocenters. The van der Waals surface area contributed by atoms with Crippen LogP contribution in [0.25, 0.3) is 0 Å². The topological polar surface area (TPSA) is 41.9 Å². The summed E-state index contributed by atoms with van der Waals surface area (Å²) in [5, 5.41) is 11.3. The van der Waals surface area contributed by atoms with E-state index in [4.69, 9.17) is 0 Å². The van der Waals surface area contributed by atoms with Gasteiger partial charge in [0.1, 0.15) is 0 Å². The van der Waals surface area contributed by atoms with Crippen LogP contribution in [0.4, 0.5) is 5.69 Å². The van der Waals surface area contributed by atoms with Crippen LogP contribution in [0, 0.1) is 0 Å². The fourth-order valence-electron chi connectivity index (χ4n) is 2.05. The first-order chi connectivity index (χ1) is 7.75. The third-order valence-electron chi connectivity index (χ3n) is 3.10. The molecular weight excluding hydrogens is 200 g/mol. The van der Waals surface area contributed by atoms with Gasteiger partial charge in [0.25, 0.3) is 0 Å². The lowest BCUT2D eigenvalue weighted by Gasteiger charge is -2.23. The highest BCUT2D eigenvalue weighted by molar-refractivity contribution is 5.38. The Bertz CT molecular complexity index is 313. The van der Waals surface area contributed by atoms with Gasteiger partial charge in [-0.3, -0.25) is 4.68 Å². The zero-order valence-corrected chi connectivity index (χ0v) is 10.2. The van der Waals surface area contributed by atoms with E-state index < -0.39 is 0 Å². The molecule has 1 saturated heterocycles. The van der Waals surface area contributed by atoms with Gasteiger partial charge in [-0.05, 0) is 33.2 Å². The molecule has 0 aliphatic carbocycles. The predicted molar refractivity (Wildman–Crippen MR) is 66.7 cm³/mol. The Morgan fingerprint density at radius 1 is 1.56 bits per heavy atom. The molecule has 0 amide bonds. The van der Waals surface area contributed by atoms with Gasteiger partial charge in [0.15, 0.2) is 0 Å². The smallest absolute Gasteiger partial charge is 0.0727 e. The summed E-state index contributed by atoms with van der Waals surface area (Å²) in [4.78, 5) is 0. The third kappa shape index (κ3) is 2.98. The van der Waals surface area contributed by atoms with Crippen molar-refractivity contribution in [2.75, 3.05) is 18.4 Å². The molecule has 0 spiro atoms. The molecule has 0 bridgehead atoms. The number of piperidine rings is 1. The van der Waals surface area contributed by atoms with E-state index >= 15 is 0 Å². The highest BCUT2D eigenvalue weighted by Gasteiger charge is 2.12. The van der Waals surface area contributed by atoms with Crippen LogP contribution in [-0.4, -0.2) is 28.9 Å². The molecule has 1 aromatic heterocycles. The van der Waals surface area contributed by atoms with Crippen molar-refractivity contribution in [1.82, 2.24) is 15.1 Å². The first-order valence-corrected chi connectivity index (χ1v) is 6.27. The standard InChI is InChI=1S/C12H22N4/c1-10(2)16-9-12(8-15-16)14-7-11-5-3-4-6-13-11/h8-11,13-14H,3-7H2,1-2H3. The van der Waals surface area contributed by atoms with E-state index in [-0.39, 0.29) is 0 Å². The Morgan fingerprint density at radius 3 is 3.06 bits per heavy atom. The molecule has 4 heteroatoms. The molecule has 16 heavy (non-hydrogen) atoms. The van der Waals surface area contributed by atoms with Gasteiger partial charge in [-0.1, -0.05) is 6.42 Å². The molecule has 4 nitrogen and oxygen atoms in total. The van der Waals surface area contributed by atoms with E-state index in [0.717, 1.165) is 18.8 Å². The fraction of sp³-hybridized carbons (Fsp3) is 0.750. The number of aromatic nitrogens is 2. The first-order valence-electron chi connectivity index (χ1n) is 6.27. The SMILES string of the molecule is CC(C)n1cc(NCC2CCCCN2)cn1. The Balaban J connectivity index is 1.79. The van der Waals surface area contributed by atoms with E-state index in [2.05, 4.69) is 35.8 Å². The minimum Gasteiger partial charge on any atom is -0.381 e. The molecule has 2 heterocycles. The molecule has 1 aliphatic heterocycles. The van der Waals surface area contributed by atoms with Crippen LogP contribution in [0.2, 0.25) is 0 Å². The van der Waals surface area contributed by atoms with Crippen molar-refractivity contribution in [3.05, 3.63) is 12.4 Å². The lowest BCUT2D eigenvalue weighted by molar-refractivity contribution is 0.414. The first kappa shape index (κ1) is 11.5. The maximum Gasteiger partial charge on any atom is 0.0727 e. The number of anilines is 1. The van der Waals surface area contributed by atoms with E-state index in [1.165, 1.54) is 19.3 Å². The van der Waals surface area contributed by atoms with Crippen molar-refractivity contribution in [3.8, 4) is 0 Å². The van der Waals surface area contributed by atoms with Crippen molar-refractivity contribution in [2.24, 2.45) is 0 Å². The summed E-state index contributed by atoms with van der Waals surface area (Å²) in [6.45, 7) is 6.44. The summed E-state index contributed by atoms with van der Waals surface area (Å²) < 4.78 is 1.98. The Labute approximate surface area is 97.4 Å². The summed E-state index contributed by atoms with van der Waals surface area (Å²) in [7, 11) is 0. The van der Waals surface area contributed by atoms with E-state index in [1.54, 1.807) is 0 Å². The van der Waals surface area contributed by atoms with Crippen molar-refractivity contribution >= 4 is 5.69 Å². The second-order valence-corrected chi connectivity index (χ2v) is 4.83. The monoisotopic (exact) mass is 222 g/mol. The molecular formula is C12H22N4. The van der Waals surface area contributed by atoms with Gasteiger partial charge in [0, 0.05) is 24.8 Å². The van der Waals surface area contributed by atoms with Crippen LogP contribution in [0.15, 0.2) is 12.4 Å². The van der Waals surface area contributed by atoms with Gasteiger partial charge >= 0.3 is 0 Å². The van der Waals surface area contributed by atoms with Crippen LogP contribution in [0.3, 0.4) is 0 Å². The quantitative estimate of drug-likeness (QED) is 0.819. The van der Waals surface area contributed by atoms with Crippen LogP contribution in [-0.2, 0) is 0 Å². The summed E-state index contributed by atoms with van der Waals surface area (Å²) >= 11 is 0. The van der Waals surface area contributed by atoms with Gasteiger partial charge in [0.2, 0.25) is 0 Å². The molecule has 1 aliphatic rings. The average Bonchev–Trinajstić information content (AvgIpc) is 2.76. The van der Waals surface area contributed by atoms with Crippen molar-refractivity contribution in [2.45, 2.75) is 45.2 Å². The summed E-state index contributed by atoms with van der Waals surface area (Å²) in [6, 6.07) is 1.06. The second kappa shape index (κ2) is 5.34. The van der Waals surface area contributed by atoms with Crippen LogP contribution >= 0.6 is 0 Å². The second-order valence-electron chi connectivity index (χ2n) is 4.83. The van der Waals surface area contributed by atoms with Gasteiger partial charge in [-0.2, -0.15) is 5.10 Å². The molecule has 0 radical (unpaired) electrons. The zero-order valence-electron chi connectivity index (χ0n) is 10.2. The summed E-state index contributed by atoms with van der Waals surface area (Å²) in [6.07, 6.45) is 7.94. The zero-order chi connectivity index (χ0) is 11.4. The molecule has 0 saturated carbocycles. The van der Waals surface area contributed by atoms with Gasteiger partial charge in [-0.15, -0.1) is 0 Å². The molecule has 2 N–H and O–H groups in total. The minimum absolute atomic E-state index is 0.434. The average molecular weight is 222 g/mol. The maximum atomic E-state index is 4.31. The third-order valence-corrected chi connectivity index (χ3v) is 3.10. The normalized spacial score (nSPS) is 21.3. The molecule has 1 fully saturated rings. The lowest BCUT2D eigenvalue weighted by atomic mass is 10.1. The minimum atomic E-state index is 0.434. The maximum absolute atomic E-state index is 4.31. The lowest BCUT2D eigenvalue weighted by Crippen LogP contribution is -2.39. The molecule has 0 aromatic carbocycles. The van der Waals surface area contributed by atoms with Gasteiger partial charge < -0.3 is 10.6 Å². The largest absolute Gasteiger partial charge is 0.381 e. The van der Waals surface area contributed by atoms with Crippen molar-refractivity contribution < 1.29 is 0 Å². The summed E-state index contributed by atoms with van der Waals surface area (Å²) in [5.41, 5.74) is 1.13. The highest BCUT2D eigenvalue weighted by atomic mass is 15.3. The number of rotatable bonds is 4. The molecule has 1 aromatic rings. The van der Waals surface area contributed by atoms with Crippen molar-refractivity contribution in [1.29, 1.82) is 0 Å². The highest BCUT2D eigenvalue weighted by Crippen LogP contribution is 2.11. The Hall–Kier alpha value is -1.03. The van der Waals surface area contributed by atoms with Crippen molar-refractivity contribution in [3.63, 3.8) is 0 Å². The number of hydrogen-bond donors (Lipinski definition) is 2. The Morgan fingerprint density at radius 2 is 2.44 bits per heavy atom. The Kier molecular flexibility index (Phi) is 3.83. The van der Waals surface area contributed by atoms with Crippen LogP contribution in [0.5, 0.6) is 0 Å². The summed E-state index contributed by atoms with van der Waals surface area (Å²) in [5.74, 6) is 0. The molecule has 90 valence electrons. The molecule has 1 atom stereocenters. The van der Waals surface area contributed by atoms with Crippen LogP contribution < -0.4 is 10.6 Å². The number of nitrogens with zero attached hydrogens (tertiary/aromatic N) is 2. The van der Waals surface area contributed by atoms with Crippen LogP contribution in [0.1, 0.15) is 39.2 Å². The molecule has 2 rings (SSSR count). The van der Waals surface area contributed by atoms with E-state index in [1.807, 2.05) is 10.9 Å². The number of hydrogen-bond acceptors (Lipinski definition) is 3. The fourth-order valence-corrected chi connectivity index (χ4v) is 2.05. The van der Waals surface area contributed by atoms with Gasteiger partial charge in [-0.25, -0.2) is 0 Å². The number of nitrogens with one attached hydrogen (secondary N) is 2. The van der Waals surface area contributed by atoms with Gasteiger partial charge in [0.05, 0.1) is 11.9 Å².